The van der Waals surface area contributed by atoms with Gasteiger partial charge in [0.25, 0.3) is 10.0 Å². The summed E-state index contributed by atoms with van der Waals surface area (Å²) in [5.41, 5.74) is 4.55. The third kappa shape index (κ3) is 12.3. The maximum absolute atomic E-state index is 14.0. The third-order valence-electron chi connectivity index (χ3n) is 11.9. The van der Waals surface area contributed by atoms with Crippen LogP contribution in [0.25, 0.3) is 0 Å². The molecule has 3 unspecified atom stereocenters. The standard InChI is InChI=1S/C54H59N5O8S/c1-9-59(36(7)30-38-16-19-40(20-17-38)33(2)3)37(8)44-13-12-14-49(51(44)52(62)34(4)5)67-54(64)46-31-39(18-26-48(46)61)29-35(6)53(63)45-32-42(23-27-47(45)60)57-56-41-21-24-43(25-22-41)68(65,66)58-50-15-10-11-28-55-50/h10-28,31-37,60-61H,9,29-30H2,1-8H3,(H,55,58). The molecule has 1 heterocycles. The van der Waals surface area contributed by atoms with E-state index in [1.807, 2.05) is 6.07 Å². The molecule has 13 nitrogen and oxygen atoms in total. The molecule has 0 saturated heterocycles. The molecule has 1 aromatic heterocycles. The Morgan fingerprint density at radius 2 is 1.35 bits per heavy atom. The number of nitrogens with zero attached hydrogens (tertiary/aromatic N) is 4. The zero-order valence-electron chi connectivity index (χ0n) is 39.7. The van der Waals surface area contributed by atoms with Gasteiger partial charge in [0, 0.05) is 30.1 Å². The molecule has 5 aromatic carbocycles. The van der Waals surface area contributed by atoms with Crippen LogP contribution in [0.4, 0.5) is 17.2 Å². The number of phenols is 2. The summed E-state index contributed by atoms with van der Waals surface area (Å²) in [6.07, 6.45) is 2.41. The van der Waals surface area contributed by atoms with E-state index in [-0.39, 0.29) is 69.1 Å². The smallest absolute Gasteiger partial charge is 0.347 e. The molecular formula is C54H59N5O8S. The third-order valence-corrected chi connectivity index (χ3v) is 13.3. The topological polar surface area (TPSA) is 188 Å². The van der Waals surface area contributed by atoms with E-state index >= 15 is 0 Å². The van der Waals surface area contributed by atoms with Gasteiger partial charge in [0.05, 0.1) is 27.4 Å². The number of azo groups is 1. The average molecular weight is 938 g/mol. The van der Waals surface area contributed by atoms with Gasteiger partial charge in [-0.15, -0.1) is 0 Å². The zero-order chi connectivity index (χ0) is 49.3. The fraction of sp³-hybridized carbons (Fsp3) is 0.296. The number of pyridine rings is 1. The zero-order valence-corrected chi connectivity index (χ0v) is 40.5. The number of nitrogens with one attached hydrogen (secondary N) is 1. The lowest BCUT2D eigenvalue weighted by Gasteiger charge is -2.35. The molecule has 68 heavy (non-hydrogen) atoms. The fourth-order valence-corrected chi connectivity index (χ4v) is 9.14. The molecule has 0 aliphatic carbocycles. The van der Waals surface area contributed by atoms with Gasteiger partial charge in [0.1, 0.15) is 28.6 Å². The molecule has 0 saturated carbocycles. The molecule has 0 fully saturated rings. The first-order valence-electron chi connectivity index (χ1n) is 22.7. The highest BCUT2D eigenvalue weighted by Crippen LogP contribution is 2.35. The van der Waals surface area contributed by atoms with Crippen LogP contribution in [0.1, 0.15) is 121 Å². The number of ether oxygens (including phenoxy) is 1. The monoisotopic (exact) mass is 937 g/mol. The Labute approximate surface area is 399 Å². The van der Waals surface area contributed by atoms with E-state index in [4.69, 9.17) is 4.74 Å². The number of aromatic nitrogens is 1. The summed E-state index contributed by atoms with van der Waals surface area (Å²) >= 11 is 0. The van der Waals surface area contributed by atoms with Gasteiger partial charge in [-0.2, -0.15) is 10.2 Å². The normalized spacial score (nSPS) is 13.2. The minimum Gasteiger partial charge on any atom is -0.507 e. The number of likely N-dealkylation sites (N-methyl/N-ethyl adjacent to an activating group) is 1. The van der Waals surface area contributed by atoms with Crippen molar-refractivity contribution < 1.29 is 37.8 Å². The van der Waals surface area contributed by atoms with Crippen molar-refractivity contribution in [3.63, 3.8) is 0 Å². The molecule has 0 radical (unpaired) electrons. The highest BCUT2D eigenvalue weighted by Gasteiger charge is 2.30. The van der Waals surface area contributed by atoms with Crippen LogP contribution in [-0.2, 0) is 22.9 Å². The largest absolute Gasteiger partial charge is 0.507 e. The number of sulfonamides is 1. The van der Waals surface area contributed by atoms with Crippen LogP contribution in [0.2, 0.25) is 0 Å². The summed E-state index contributed by atoms with van der Waals surface area (Å²) < 4.78 is 34.0. The van der Waals surface area contributed by atoms with Gasteiger partial charge < -0.3 is 14.9 Å². The number of carbonyl (C=O) groups excluding carboxylic acids is 3. The first kappa shape index (κ1) is 50.4. The van der Waals surface area contributed by atoms with Crippen LogP contribution in [0.5, 0.6) is 17.2 Å². The molecular weight excluding hydrogens is 879 g/mol. The Morgan fingerprint density at radius 1 is 0.706 bits per heavy atom. The van der Waals surface area contributed by atoms with Crippen molar-refractivity contribution in [2.75, 3.05) is 11.3 Å². The van der Waals surface area contributed by atoms with Gasteiger partial charge >= 0.3 is 5.97 Å². The minimum atomic E-state index is -3.89. The van der Waals surface area contributed by atoms with Crippen LogP contribution in [0.15, 0.2) is 143 Å². The number of benzene rings is 5. The number of hydrogen-bond acceptors (Lipinski definition) is 12. The number of anilines is 1. The van der Waals surface area contributed by atoms with Crippen molar-refractivity contribution in [1.82, 2.24) is 9.88 Å². The number of Topliss-reactive ketones (excluding diaryl/α,β-unsaturated/α-hetero) is 2. The molecule has 354 valence electrons. The van der Waals surface area contributed by atoms with E-state index < -0.39 is 33.6 Å². The van der Waals surface area contributed by atoms with Crippen LogP contribution >= 0.6 is 0 Å². The molecule has 3 atom stereocenters. The van der Waals surface area contributed by atoms with E-state index in [2.05, 4.69) is 83.7 Å². The van der Waals surface area contributed by atoms with Gasteiger partial charge in [0.2, 0.25) is 0 Å². The summed E-state index contributed by atoms with van der Waals surface area (Å²) in [6, 6.07) is 33.1. The lowest BCUT2D eigenvalue weighted by molar-refractivity contribution is 0.0727. The molecule has 0 aliphatic heterocycles. The summed E-state index contributed by atoms with van der Waals surface area (Å²) in [4.78, 5) is 48.0. The maximum atomic E-state index is 14.0. The average Bonchev–Trinajstić information content (AvgIpc) is 3.31. The van der Waals surface area contributed by atoms with Gasteiger partial charge in [-0.25, -0.2) is 18.2 Å². The van der Waals surface area contributed by atoms with Gasteiger partial charge in [-0.1, -0.05) is 90.1 Å². The number of ketones is 2. The minimum absolute atomic E-state index is 0.00202. The Hall–Kier alpha value is -7.03. The molecule has 0 bridgehead atoms. The predicted molar refractivity (Wildman–Crippen MR) is 264 cm³/mol. The lowest BCUT2D eigenvalue weighted by atomic mass is 9.90. The van der Waals surface area contributed by atoms with Crippen molar-refractivity contribution in [2.45, 2.75) is 91.1 Å². The van der Waals surface area contributed by atoms with Crippen LogP contribution in [-0.4, -0.2) is 58.6 Å². The van der Waals surface area contributed by atoms with Crippen molar-refractivity contribution in [3.05, 3.63) is 166 Å². The molecule has 14 heteroatoms. The Bertz CT molecular complexity index is 2880. The van der Waals surface area contributed by atoms with Gasteiger partial charge in [0.15, 0.2) is 11.6 Å². The molecule has 6 rings (SSSR count). The molecule has 0 amide bonds. The predicted octanol–water partition coefficient (Wildman–Crippen LogP) is 12.0. The van der Waals surface area contributed by atoms with E-state index in [0.29, 0.717) is 29.3 Å². The van der Waals surface area contributed by atoms with E-state index in [9.17, 15) is 33.0 Å². The number of esters is 1. The van der Waals surface area contributed by atoms with Gasteiger partial charge in [-0.3, -0.25) is 19.2 Å². The number of aromatic hydroxyl groups is 2. The van der Waals surface area contributed by atoms with E-state index in [1.54, 1.807) is 51.1 Å². The highest BCUT2D eigenvalue weighted by molar-refractivity contribution is 7.92. The number of phenolic OH excluding ortho intramolecular Hbond substituents is 2. The Balaban J connectivity index is 1.16. The second-order valence-electron chi connectivity index (χ2n) is 17.6. The fourth-order valence-electron chi connectivity index (χ4n) is 8.13. The van der Waals surface area contributed by atoms with Crippen molar-refractivity contribution in [2.24, 2.45) is 22.1 Å². The molecule has 0 aliphatic rings. The van der Waals surface area contributed by atoms with Crippen molar-refractivity contribution in [1.29, 1.82) is 0 Å². The van der Waals surface area contributed by atoms with Crippen LogP contribution in [0.3, 0.4) is 0 Å². The highest BCUT2D eigenvalue weighted by atomic mass is 32.2. The number of rotatable bonds is 20. The first-order valence-corrected chi connectivity index (χ1v) is 24.2. The summed E-state index contributed by atoms with van der Waals surface area (Å²) in [5.74, 6) is -2.45. The summed E-state index contributed by atoms with van der Waals surface area (Å²) in [5, 5.41) is 30.0. The van der Waals surface area contributed by atoms with Gasteiger partial charge in [-0.05, 0) is 134 Å². The summed E-state index contributed by atoms with van der Waals surface area (Å²) in [7, 11) is -3.89. The molecule has 3 N–H and O–H groups in total. The number of hydrogen-bond donors (Lipinski definition) is 3. The second kappa shape index (κ2) is 22.2. The van der Waals surface area contributed by atoms with Crippen LogP contribution in [0, 0.1) is 11.8 Å². The SMILES string of the molecule is CCN(C(C)Cc1ccc(C(C)C)cc1)C(C)c1cccc(OC(=O)c2cc(CC(C)C(=O)c3cc(N=Nc4ccc(S(=O)(=O)Nc5ccccn5)cc4)ccc3O)ccc2O)c1C(=O)C(C)C. The lowest BCUT2D eigenvalue weighted by Crippen LogP contribution is -2.37. The van der Waals surface area contributed by atoms with E-state index in [0.717, 1.165) is 12.0 Å². The second-order valence-corrected chi connectivity index (χ2v) is 19.3. The van der Waals surface area contributed by atoms with Crippen molar-refractivity contribution >= 4 is 44.8 Å². The Morgan fingerprint density at radius 3 is 2.00 bits per heavy atom. The van der Waals surface area contributed by atoms with E-state index in [1.165, 1.54) is 78.0 Å². The van der Waals surface area contributed by atoms with Crippen molar-refractivity contribution in [3.8, 4) is 17.2 Å². The quantitative estimate of drug-likeness (QED) is 0.0288. The number of carbonyl (C=O) groups is 3. The molecule has 6 aromatic rings. The molecule has 0 spiro atoms. The first-order chi connectivity index (χ1) is 32.4. The van der Waals surface area contributed by atoms with Crippen LogP contribution < -0.4 is 9.46 Å². The summed E-state index contributed by atoms with van der Waals surface area (Å²) in [6.45, 7) is 16.7. The Kier molecular flexibility index (Phi) is 16.4. The maximum Gasteiger partial charge on any atom is 0.347 e.